The first-order valence-corrected chi connectivity index (χ1v) is 6.55. The number of nitrogens with two attached hydrogens (primary N) is 1. The Hall–Kier alpha value is -3.04. The number of nitrogens with one attached hydrogen (secondary N) is 2. The fraction of sp³-hybridized carbons (Fsp3) is 0. The van der Waals surface area contributed by atoms with E-state index in [1.165, 1.54) is 42.5 Å². The van der Waals surface area contributed by atoms with Crippen LogP contribution in [0, 0.1) is 11.3 Å². The van der Waals surface area contributed by atoms with Crippen molar-refractivity contribution in [1.29, 1.82) is 5.26 Å². The van der Waals surface area contributed by atoms with Gasteiger partial charge >= 0.3 is 11.8 Å². The van der Waals surface area contributed by atoms with Crippen molar-refractivity contribution in [3.05, 3.63) is 53.1 Å². The molecule has 0 saturated heterocycles. The molecule has 0 unspecified atom stereocenters. The third-order valence-electron chi connectivity index (χ3n) is 2.74. The van der Waals surface area contributed by atoms with E-state index in [0.29, 0.717) is 22.6 Å². The maximum atomic E-state index is 11.8. The van der Waals surface area contributed by atoms with Crippen molar-refractivity contribution in [2.45, 2.75) is 0 Å². The van der Waals surface area contributed by atoms with E-state index in [9.17, 15) is 9.59 Å². The molecule has 0 spiro atoms. The number of nitrogens with zero attached hydrogens (tertiary/aromatic N) is 1. The molecule has 2 aromatic rings. The fourth-order valence-electron chi connectivity index (χ4n) is 1.61. The maximum absolute atomic E-state index is 11.8. The van der Waals surface area contributed by atoms with E-state index in [0.717, 1.165) is 0 Å². The third kappa shape index (κ3) is 3.75. The number of benzene rings is 2. The number of hydrogen-bond acceptors (Lipinski definition) is 4. The molecular formula is C15H11ClN4O2. The lowest BCUT2D eigenvalue weighted by molar-refractivity contribution is -0.132. The van der Waals surface area contributed by atoms with Gasteiger partial charge in [0.1, 0.15) is 0 Å². The van der Waals surface area contributed by atoms with E-state index in [2.05, 4.69) is 10.6 Å². The Labute approximate surface area is 131 Å². The van der Waals surface area contributed by atoms with Crippen LogP contribution in [0.5, 0.6) is 0 Å². The summed E-state index contributed by atoms with van der Waals surface area (Å²) in [5, 5.41) is 13.8. The summed E-state index contributed by atoms with van der Waals surface area (Å²) in [6.07, 6.45) is 0. The largest absolute Gasteiger partial charge is 0.398 e. The van der Waals surface area contributed by atoms with Crippen LogP contribution in [0.2, 0.25) is 5.02 Å². The monoisotopic (exact) mass is 314 g/mol. The lowest BCUT2D eigenvalue weighted by Crippen LogP contribution is -2.29. The summed E-state index contributed by atoms with van der Waals surface area (Å²) in [6.45, 7) is 0. The van der Waals surface area contributed by atoms with Gasteiger partial charge in [-0.2, -0.15) is 5.26 Å². The molecule has 110 valence electrons. The van der Waals surface area contributed by atoms with Crippen molar-refractivity contribution in [3.8, 4) is 6.07 Å². The molecule has 0 saturated carbocycles. The zero-order valence-electron chi connectivity index (χ0n) is 11.3. The molecule has 0 aliphatic carbocycles. The molecule has 0 atom stereocenters. The lowest BCUT2D eigenvalue weighted by atomic mass is 10.2. The summed E-state index contributed by atoms with van der Waals surface area (Å²) < 4.78 is 0. The number of nitrogen functional groups attached to an aromatic ring is 1. The number of amides is 2. The molecule has 22 heavy (non-hydrogen) atoms. The highest BCUT2D eigenvalue weighted by molar-refractivity contribution is 6.43. The Morgan fingerprint density at radius 3 is 2.09 bits per heavy atom. The van der Waals surface area contributed by atoms with Crippen LogP contribution in [-0.2, 0) is 9.59 Å². The summed E-state index contributed by atoms with van der Waals surface area (Å²) in [5.74, 6) is -1.68. The summed E-state index contributed by atoms with van der Waals surface area (Å²) in [6, 6.07) is 12.6. The van der Waals surface area contributed by atoms with E-state index in [-0.39, 0.29) is 5.02 Å². The minimum absolute atomic E-state index is 0.283. The van der Waals surface area contributed by atoms with Gasteiger partial charge in [0.15, 0.2) is 0 Å². The topological polar surface area (TPSA) is 108 Å². The zero-order chi connectivity index (χ0) is 16.1. The molecular weight excluding hydrogens is 304 g/mol. The maximum Gasteiger partial charge on any atom is 0.314 e. The molecule has 0 aliphatic rings. The second-order valence-electron chi connectivity index (χ2n) is 4.33. The Morgan fingerprint density at radius 1 is 1.00 bits per heavy atom. The Balaban J connectivity index is 2.01. The van der Waals surface area contributed by atoms with Gasteiger partial charge in [0.25, 0.3) is 0 Å². The number of carbonyl (C=O) groups excluding carboxylic acids is 2. The van der Waals surface area contributed by atoms with Crippen molar-refractivity contribution < 1.29 is 9.59 Å². The zero-order valence-corrected chi connectivity index (χ0v) is 12.0. The van der Waals surface area contributed by atoms with Crippen LogP contribution in [0.4, 0.5) is 17.1 Å². The number of anilines is 3. The minimum Gasteiger partial charge on any atom is -0.398 e. The Morgan fingerprint density at radius 2 is 1.55 bits per heavy atom. The summed E-state index contributed by atoms with van der Waals surface area (Å²) in [4.78, 5) is 23.6. The quantitative estimate of drug-likeness (QED) is 0.584. The highest BCUT2D eigenvalue weighted by atomic mass is 35.5. The van der Waals surface area contributed by atoms with Crippen molar-refractivity contribution in [3.63, 3.8) is 0 Å². The molecule has 0 bridgehead atoms. The van der Waals surface area contributed by atoms with E-state index in [4.69, 9.17) is 22.6 Å². The predicted molar refractivity (Wildman–Crippen MR) is 84.3 cm³/mol. The number of halogens is 1. The standard InChI is InChI=1S/C15H11ClN4O2/c16-12-7-11(5-6-13(12)18)20-15(22)14(21)19-10-3-1-9(8-17)2-4-10/h1-7H,18H2,(H,19,21)(H,20,22). The lowest BCUT2D eigenvalue weighted by Gasteiger charge is -2.07. The number of rotatable bonds is 2. The van der Waals surface area contributed by atoms with Gasteiger partial charge in [0.2, 0.25) is 0 Å². The Bertz CT molecular complexity index is 766. The highest BCUT2D eigenvalue weighted by Gasteiger charge is 2.14. The van der Waals surface area contributed by atoms with Crippen molar-refractivity contribution in [2.24, 2.45) is 0 Å². The molecule has 0 fully saturated rings. The molecule has 0 heterocycles. The van der Waals surface area contributed by atoms with Gasteiger partial charge in [-0.15, -0.1) is 0 Å². The fourth-order valence-corrected chi connectivity index (χ4v) is 1.79. The van der Waals surface area contributed by atoms with Crippen LogP contribution in [0.15, 0.2) is 42.5 Å². The normalized spacial score (nSPS) is 9.64. The molecule has 2 aromatic carbocycles. The molecule has 0 radical (unpaired) electrons. The molecule has 6 nitrogen and oxygen atoms in total. The van der Waals surface area contributed by atoms with Crippen LogP contribution in [-0.4, -0.2) is 11.8 Å². The van der Waals surface area contributed by atoms with Gasteiger partial charge in [-0.3, -0.25) is 9.59 Å². The van der Waals surface area contributed by atoms with Crippen LogP contribution in [0.3, 0.4) is 0 Å². The first kappa shape index (κ1) is 15.4. The molecule has 2 rings (SSSR count). The molecule has 7 heteroatoms. The summed E-state index contributed by atoms with van der Waals surface area (Å²) in [7, 11) is 0. The van der Waals surface area contributed by atoms with Gasteiger partial charge in [-0.25, -0.2) is 0 Å². The van der Waals surface area contributed by atoms with Crippen molar-refractivity contribution >= 4 is 40.5 Å². The van der Waals surface area contributed by atoms with Gasteiger partial charge in [-0.1, -0.05) is 11.6 Å². The molecule has 0 aliphatic heterocycles. The van der Waals surface area contributed by atoms with Gasteiger partial charge in [0.05, 0.1) is 22.3 Å². The van der Waals surface area contributed by atoms with Crippen molar-refractivity contribution in [1.82, 2.24) is 0 Å². The average molecular weight is 315 g/mol. The minimum atomic E-state index is -0.842. The molecule has 4 N–H and O–H groups in total. The van der Waals surface area contributed by atoms with Gasteiger partial charge < -0.3 is 16.4 Å². The smallest absolute Gasteiger partial charge is 0.314 e. The third-order valence-corrected chi connectivity index (χ3v) is 3.06. The second kappa shape index (κ2) is 6.61. The number of carbonyl (C=O) groups is 2. The van der Waals surface area contributed by atoms with Gasteiger partial charge in [-0.05, 0) is 42.5 Å². The average Bonchev–Trinajstić information content (AvgIpc) is 2.51. The van der Waals surface area contributed by atoms with E-state index < -0.39 is 11.8 Å². The summed E-state index contributed by atoms with van der Waals surface area (Å²) >= 11 is 5.83. The number of nitriles is 1. The van der Waals surface area contributed by atoms with Gasteiger partial charge in [0, 0.05) is 11.4 Å². The van der Waals surface area contributed by atoms with E-state index >= 15 is 0 Å². The van der Waals surface area contributed by atoms with Crippen LogP contribution in [0.25, 0.3) is 0 Å². The predicted octanol–water partition coefficient (Wildman–Crippen LogP) is 2.37. The number of hydrogen-bond donors (Lipinski definition) is 3. The first-order valence-electron chi connectivity index (χ1n) is 6.17. The first-order chi connectivity index (χ1) is 10.5. The Kier molecular flexibility index (Phi) is 4.61. The second-order valence-corrected chi connectivity index (χ2v) is 4.74. The van der Waals surface area contributed by atoms with Crippen LogP contribution >= 0.6 is 11.6 Å². The van der Waals surface area contributed by atoms with Crippen LogP contribution < -0.4 is 16.4 Å². The molecule has 2 amide bonds. The van der Waals surface area contributed by atoms with E-state index in [1.807, 2.05) is 6.07 Å². The van der Waals surface area contributed by atoms with Crippen molar-refractivity contribution in [2.75, 3.05) is 16.4 Å². The highest BCUT2D eigenvalue weighted by Crippen LogP contribution is 2.22. The summed E-state index contributed by atoms with van der Waals surface area (Å²) in [5.41, 5.74) is 7.16. The van der Waals surface area contributed by atoms with E-state index in [1.54, 1.807) is 0 Å². The van der Waals surface area contributed by atoms with Crippen LogP contribution in [0.1, 0.15) is 5.56 Å². The molecule has 0 aromatic heterocycles. The SMILES string of the molecule is N#Cc1ccc(NC(=O)C(=O)Nc2ccc(N)c(Cl)c2)cc1.